The molecule has 0 saturated carbocycles. The number of nitrogen functional groups attached to an aromatic ring is 1. The Morgan fingerprint density at radius 1 is 1.39 bits per heavy atom. The average Bonchev–Trinajstić information content (AvgIpc) is 2.57. The first kappa shape index (κ1) is 14.9. The smallest absolute Gasteiger partial charge is 0.269 e. The van der Waals surface area contributed by atoms with E-state index in [0.29, 0.717) is 35.9 Å². The molecule has 2 N–H and O–H groups in total. The molecule has 23 heavy (non-hydrogen) atoms. The van der Waals surface area contributed by atoms with Gasteiger partial charge in [-0.2, -0.15) is 5.26 Å². The summed E-state index contributed by atoms with van der Waals surface area (Å²) >= 11 is 0. The minimum Gasteiger partial charge on any atom is -0.477 e. The van der Waals surface area contributed by atoms with Gasteiger partial charge in [-0.15, -0.1) is 0 Å². The number of pyridine rings is 1. The van der Waals surface area contributed by atoms with Crippen molar-refractivity contribution in [1.82, 2.24) is 4.98 Å². The molecule has 1 aliphatic heterocycles. The van der Waals surface area contributed by atoms with Crippen molar-refractivity contribution < 1.29 is 9.53 Å². The summed E-state index contributed by atoms with van der Waals surface area (Å²) in [5.74, 6) is 1.13. The third kappa shape index (κ3) is 2.81. The quantitative estimate of drug-likeness (QED) is 0.938. The van der Waals surface area contributed by atoms with Crippen LogP contribution in [0.1, 0.15) is 24.5 Å². The highest BCUT2D eigenvalue weighted by atomic mass is 16.5. The van der Waals surface area contributed by atoms with Crippen molar-refractivity contribution in [2.75, 3.05) is 10.6 Å². The molecule has 6 nitrogen and oxygen atoms in total. The predicted octanol–water partition coefficient (Wildman–Crippen LogP) is 2.24. The van der Waals surface area contributed by atoms with Gasteiger partial charge >= 0.3 is 0 Å². The lowest BCUT2D eigenvalue weighted by atomic mass is 10.1. The molecule has 0 bridgehead atoms. The second-order valence-electron chi connectivity index (χ2n) is 5.31. The van der Waals surface area contributed by atoms with Crippen LogP contribution in [0.3, 0.4) is 0 Å². The number of amides is 1. The summed E-state index contributed by atoms with van der Waals surface area (Å²) < 4.78 is 5.70. The fourth-order valence-corrected chi connectivity index (χ4v) is 2.55. The number of benzene rings is 1. The third-order valence-corrected chi connectivity index (χ3v) is 3.69. The van der Waals surface area contributed by atoms with Gasteiger partial charge in [-0.3, -0.25) is 9.69 Å². The zero-order valence-electron chi connectivity index (χ0n) is 12.7. The molecule has 1 aromatic carbocycles. The number of rotatable bonds is 3. The fraction of sp³-hybridized carbons (Fsp3) is 0.235. The predicted molar refractivity (Wildman–Crippen MR) is 85.7 cm³/mol. The summed E-state index contributed by atoms with van der Waals surface area (Å²) in [6.45, 7) is 2.21. The van der Waals surface area contributed by atoms with E-state index in [4.69, 9.17) is 15.7 Å². The maximum atomic E-state index is 12.6. The zero-order chi connectivity index (χ0) is 16.4. The highest BCUT2D eigenvalue weighted by molar-refractivity contribution is 5.99. The molecule has 0 saturated heterocycles. The van der Waals surface area contributed by atoms with Crippen molar-refractivity contribution in [2.24, 2.45) is 0 Å². The second kappa shape index (κ2) is 5.97. The molecule has 0 aliphatic carbocycles. The Balaban J connectivity index is 2.00. The molecule has 2 heterocycles. The average molecular weight is 308 g/mol. The van der Waals surface area contributed by atoms with E-state index in [2.05, 4.69) is 11.1 Å². The van der Waals surface area contributed by atoms with Gasteiger partial charge in [0.15, 0.2) is 17.7 Å². The first-order chi connectivity index (χ1) is 11.1. The molecule has 1 unspecified atom stereocenters. The monoisotopic (exact) mass is 308 g/mol. The van der Waals surface area contributed by atoms with Gasteiger partial charge in [0.25, 0.3) is 5.91 Å². The van der Waals surface area contributed by atoms with Gasteiger partial charge in [0.05, 0.1) is 18.2 Å². The molecular formula is C17H16N4O2. The number of anilines is 2. The van der Waals surface area contributed by atoms with Crippen molar-refractivity contribution in [3.8, 4) is 11.8 Å². The minimum atomic E-state index is -0.535. The van der Waals surface area contributed by atoms with Crippen molar-refractivity contribution in [3.05, 3.63) is 47.5 Å². The largest absolute Gasteiger partial charge is 0.477 e. The molecule has 6 heteroatoms. The number of fused-ring (bicyclic) bond motifs is 1. The van der Waals surface area contributed by atoms with Gasteiger partial charge in [-0.25, -0.2) is 4.98 Å². The van der Waals surface area contributed by atoms with Crippen LogP contribution in [0, 0.1) is 11.3 Å². The van der Waals surface area contributed by atoms with Crippen molar-refractivity contribution in [2.45, 2.75) is 26.0 Å². The molecule has 0 spiro atoms. The number of nitrogens with zero attached hydrogens (tertiary/aromatic N) is 3. The highest BCUT2D eigenvalue weighted by Crippen LogP contribution is 2.34. The number of nitriles is 1. The molecule has 3 rings (SSSR count). The Bertz CT molecular complexity index is 797. The number of aromatic nitrogens is 1. The summed E-state index contributed by atoms with van der Waals surface area (Å²) in [6, 6.07) is 12.6. The van der Waals surface area contributed by atoms with E-state index in [-0.39, 0.29) is 5.91 Å². The maximum absolute atomic E-state index is 12.6. The van der Waals surface area contributed by atoms with E-state index in [1.807, 2.05) is 13.0 Å². The second-order valence-corrected chi connectivity index (χ2v) is 5.31. The van der Waals surface area contributed by atoms with Crippen LogP contribution in [0.25, 0.3) is 0 Å². The number of hydrogen-bond acceptors (Lipinski definition) is 5. The van der Waals surface area contributed by atoms with E-state index in [9.17, 15) is 4.79 Å². The molecule has 0 fully saturated rings. The molecule has 1 aliphatic rings. The lowest BCUT2D eigenvalue weighted by molar-refractivity contribution is -0.126. The van der Waals surface area contributed by atoms with Gasteiger partial charge in [0.1, 0.15) is 5.82 Å². The Kier molecular flexibility index (Phi) is 3.85. The van der Waals surface area contributed by atoms with E-state index >= 15 is 0 Å². The van der Waals surface area contributed by atoms with Crippen molar-refractivity contribution >= 4 is 17.5 Å². The molecular weight excluding hydrogens is 292 g/mol. The summed E-state index contributed by atoms with van der Waals surface area (Å²) in [5.41, 5.74) is 7.15. The molecule has 0 radical (unpaired) electrons. The van der Waals surface area contributed by atoms with Crippen LogP contribution in [0.4, 0.5) is 11.6 Å². The van der Waals surface area contributed by atoms with E-state index in [1.54, 1.807) is 35.2 Å². The van der Waals surface area contributed by atoms with Crippen LogP contribution >= 0.6 is 0 Å². The molecule has 2 aromatic rings. The summed E-state index contributed by atoms with van der Waals surface area (Å²) in [4.78, 5) is 18.5. The first-order valence-corrected chi connectivity index (χ1v) is 7.36. The van der Waals surface area contributed by atoms with Crippen LogP contribution in [-0.2, 0) is 11.3 Å². The lowest BCUT2D eigenvalue weighted by Gasteiger charge is -2.33. The normalized spacial score (nSPS) is 16.4. The Morgan fingerprint density at radius 3 is 2.96 bits per heavy atom. The SMILES string of the molecule is CCC1Oc2ccc(N)nc2N(Cc2cccc(C#N)c2)C1=O. The number of nitrogens with two attached hydrogens (primary N) is 1. The number of ether oxygens (including phenoxy) is 1. The first-order valence-electron chi connectivity index (χ1n) is 7.36. The van der Waals surface area contributed by atoms with Crippen molar-refractivity contribution in [3.63, 3.8) is 0 Å². The van der Waals surface area contributed by atoms with Crippen LogP contribution in [0.15, 0.2) is 36.4 Å². The van der Waals surface area contributed by atoms with Gasteiger partial charge in [0, 0.05) is 0 Å². The highest BCUT2D eigenvalue weighted by Gasteiger charge is 2.34. The lowest BCUT2D eigenvalue weighted by Crippen LogP contribution is -2.45. The van der Waals surface area contributed by atoms with Crippen molar-refractivity contribution in [1.29, 1.82) is 5.26 Å². The third-order valence-electron chi connectivity index (χ3n) is 3.69. The Morgan fingerprint density at radius 2 is 2.22 bits per heavy atom. The standard InChI is InChI=1S/C17H16N4O2/c1-2-13-17(22)21(10-12-5-3-4-11(8-12)9-18)16-14(23-13)6-7-15(19)20-16/h3-8,13H,2,10H2,1H3,(H2,19,20). The van der Waals surface area contributed by atoms with Crippen LogP contribution < -0.4 is 15.4 Å². The van der Waals surface area contributed by atoms with E-state index in [1.165, 1.54) is 0 Å². The summed E-state index contributed by atoms with van der Waals surface area (Å²) in [7, 11) is 0. The van der Waals surface area contributed by atoms with Gasteiger partial charge in [0.2, 0.25) is 0 Å². The van der Waals surface area contributed by atoms with Crippen LogP contribution in [0.2, 0.25) is 0 Å². The molecule has 1 aromatic heterocycles. The molecule has 1 atom stereocenters. The maximum Gasteiger partial charge on any atom is 0.269 e. The number of carbonyl (C=O) groups excluding carboxylic acids is 1. The van der Waals surface area contributed by atoms with Gasteiger partial charge in [-0.05, 0) is 36.2 Å². The fourth-order valence-electron chi connectivity index (χ4n) is 2.55. The Labute approximate surface area is 134 Å². The zero-order valence-corrected chi connectivity index (χ0v) is 12.7. The van der Waals surface area contributed by atoms with E-state index in [0.717, 1.165) is 5.56 Å². The number of carbonyl (C=O) groups is 1. The summed E-state index contributed by atoms with van der Waals surface area (Å²) in [6.07, 6.45) is 0.0317. The van der Waals surface area contributed by atoms with Gasteiger partial charge < -0.3 is 10.5 Å². The van der Waals surface area contributed by atoms with E-state index < -0.39 is 6.10 Å². The summed E-state index contributed by atoms with van der Waals surface area (Å²) in [5, 5.41) is 9.01. The van der Waals surface area contributed by atoms with Crippen LogP contribution in [0.5, 0.6) is 5.75 Å². The molecule has 1 amide bonds. The van der Waals surface area contributed by atoms with Gasteiger partial charge in [-0.1, -0.05) is 19.1 Å². The Hall–Kier alpha value is -3.07. The van der Waals surface area contributed by atoms with Crippen LogP contribution in [-0.4, -0.2) is 17.0 Å². The number of hydrogen-bond donors (Lipinski definition) is 1. The molecule has 116 valence electrons. The minimum absolute atomic E-state index is 0.152. The topological polar surface area (TPSA) is 92.2 Å².